The summed E-state index contributed by atoms with van der Waals surface area (Å²) >= 11 is 0. The van der Waals surface area contributed by atoms with Crippen LogP contribution in [0.25, 0.3) is 11.1 Å². The van der Waals surface area contributed by atoms with Crippen LogP contribution in [0.1, 0.15) is 15.9 Å². The Bertz CT molecular complexity index is 814. The van der Waals surface area contributed by atoms with E-state index in [0.717, 1.165) is 16.1 Å². The summed E-state index contributed by atoms with van der Waals surface area (Å²) in [6, 6.07) is 12.4. The van der Waals surface area contributed by atoms with Gasteiger partial charge in [0, 0.05) is 7.05 Å². The minimum absolute atomic E-state index is 0.0897. The highest BCUT2D eigenvalue weighted by atomic mass is 32.2. The number of rotatable bonds is 4. The van der Waals surface area contributed by atoms with Gasteiger partial charge in [-0.1, -0.05) is 30.3 Å². The molecule has 0 aliphatic heterocycles. The molecular formula is C16H17NO4S. The molecular weight excluding hydrogens is 302 g/mol. The summed E-state index contributed by atoms with van der Waals surface area (Å²) in [7, 11) is -2.07. The molecule has 22 heavy (non-hydrogen) atoms. The average molecular weight is 319 g/mol. The van der Waals surface area contributed by atoms with Crippen molar-refractivity contribution in [3.8, 4) is 11.1 Å². The maximum Gasteiger partial charge on any atom is 0.336 e. The first-order chi connectivity index (χ1) is 10.2. The zero-order valence-electron chi connectivity index (χ0n) is 12.6. The molecule has 0 amide bonds. The van der Waals surface area contributed by atoms with E-state index >= 15 is 0 Å². The Morgan fingerprint density at radius 2 is 1.73 bits per heavy atom. The van der Waals surface area contributed by atoms with Gasteiger partial charge in [-0.2, -0.15) is 0 Å². The van der Waals surface area contributed by atoms with Crippen LogP contribution in [0.15, 0.2) is 42.5 Å². The number of carboxylic acid groups (broad SMARTS) is 1. The van der Waals surface area contributed by atoms with Gasteiger partial charge in [-0.05, 0) is 35.7 Å². The molecule has 0 spiro atoms. The standard InChI is InChI=1S/C16H17NO4S/c1-11-14(12-7-5-4-6-8-12)9-13(10-15(11)16(18)19)17(2)22(3,20)21/h4-10H,1-3H3,(H,18,19). The molecule has 0 saturated carbocycles. The molecule has 6 heteroatoms. The van der Waals surface area contributed by atoms with Crippen molar-refractivity contribution >= 4 is 21.7 Å². The second-order valence-corrected chi connectivity index (χ2v) is 7.08. The molecule has 0 aliphatic carbocycles. The van der Waals surface area contributed by atoms with Gasteiger partial charge in [-0.15, -0.1) is 0 Å². The lowest BCUT2D eigenvalue weighted by molar-refractivity contribution is 0.0696. The maximum atomic E-state index is 11.7. The van der Waals surface area contributed by atoms with Gasteiger partial charge in [-0.25, -0.2) is 13.2 Å². The van der Waals surface area contributed by atoms with E-state index in [2.05, 4.69) is 0 Å². The fourth-order valence-electron chi connectivity index (χ4n) is 2.21. The van der Waals surface area contributed by atoms with Gasteiger partial charge in [-0.3, -0.25) is 4.31 Å². The molecule has 0 aliphatic rings. The zero-order valence-corrected chi connectivity index (χ0v) is 13.4. The van der Waals surface area contributed by atoms with Crippen LogP contribution >= 0.6 is 0 Å². The predicted molar refractivity (Wildman–Crippen MR) is 86.8 cm³/mol. The number of hydrogen-bond donors (Lipinski definition) is 1. The first kappa shape index (κ1) is 16.0. The van der Waals surface area contributed by atoms with Crippen LogP contribution in [0.5, 0.6) is 0 Å². The van der Waals surface area contributed by atoms with Gasteiger partial charge >= 0.3 is 5.97 Å². The topological polar surface area (TPSA) is 74.7 Å². The van der Waals surface area contributed by atoms with Crippen LogP contribution in [0.4, 0.5) is 5.69 Å². The van der Waals surface area contributed by atoms with Gasteiger partial charge in [0.15, 0.2) is 0 Å². The van der Waals surface area contributed by atoms with Crippen molar-refractivity contribution in [2.75, 3.05) is 17.6 Å². The van der Waals surface area contributed by atoms with Gasteiger partial charge < -0.3 is 5.11 Å². The molecule has 0 saturated heterocycles. The van der Waals surface area contributed by atoms with E-state index in [9.17, 15) is 18.3 Å². The summed E-state index contributed by atoms with van der Waals surface area (Å²) in [5.74, 6) is -1.08. The Balaban J connectivity index is 2.74. The molecule has 0 radical (unpaired) electrons. The Labute approximate surface area is 129 Å². The minimum Gasteiger partial charge on any atom is -0.478 e. The third kappa shape index (κ3) is 3.12. The summed E-state index contributed by atoms with van der Waals surface area (Å²) in [4.78, 5) is 11.5. The zero-order chi connectivity index (χ0) is 16.5. The summed E-state index contributed by atoms with van der Waals surface area (Å²) in [5.41, 5.74) is 2.55. The number of carbonyl (C=O) groups is 1. The summed E-state index contributed by atoms with van der Waals surface area (Å²) in [6.07, 6.45) is 1.08. The molecule has 0 unspecified atom stereocenters. The number of hydrogen-bond acceptors (Lipinski definition) is 3. The van der Waals surface area contributed by atoms with Crippen molar-refractivity contribution in [2.24, 2.45) is 0 Å². The lowest BCUT2D eigenvalue weighted by Gasteiger charge is -2.20. The van der Waals surface area contributed by atoms with Gasteiger partial charge in [0.1, 0.15) is 0 Å². The van der Waals surface area contributed by atoms with E-state index < -0.39 is 16.0 Å². The summed E-state index contributed by atoms with van der Waals surface area (Å²) < 4.78 is 24.5. The van der Waals surface area contributed by atoms with Crippen molar-refractivity contribution in [3.05, 3.63) is 53.6 Å². The highest BCUT2D eigenvalue weighted by molar-refractivity contribution is 7.92. The van der Waals surface area contributed by atoms with E-state index in [0.29, 0.717) is 16.8 Å². The third-order valence-electron chi connectivity index (χ3n) is 3.57. The second kappa shape index (κ2) is 5.81. The van der Waals surface area contributed by atoms with E-state index in [1.165, 1.54) is 13.1 Å². The molecule has 116 valence electrons. The SMILES string of the molecule is Cc1c(C(=O)O)cc(N(C)S(C)(=O)=O)cc1-c1ccccc1. The van der Waals surface area contributed by atoms with Crippen LogP contribution in [0.2, 0.25) is 0 Å². The smallest absolute Gasteiger partial charge is 0.336 e. The predicted octanol–water partition coefficient (Wildman–Crippen LogP) is 2.76. The average Bonchev–Trinajstić information content (AvgIpc) is 2.46. The molecule has 1 N–H and O–H groups in total. The third-order valence-corrected chi connectivity index (χ3v) is 4.77. The maximum absolute atomic E-state index is 11.7. The number of anilines is 1. The minimum atomic E-state index is -3.47. The molecule has 0 heterocycles. The molecule has 0 aromatic heterocycles. The highest BCUT2D eigenvalue weighted by Crippen LogP contribution is 2.31. The van der Waals surface area contributed by atoms with E-state index in [1.54, 1.807) is 13.0 Å². The number of nitrogens with zero attached hydrogens (tertiary/aromatic N) is 1. The largest absolute Gasteiger partial charge is 0.478 e. The molecule has 0 atom stereocenters. The number of benzene rings is 2. The lowest BCUT2D eigenvalue weighted by Crippen LogP contribution is -2.25. The van der Waals surface area contributed by atoms with Gasteiger partial charge in [0.2, 0.25) is 10.0 Å². The first-order valence-corrected chi connectivity index (χ1v) is 8.44. The Kier molecular flexibility index (Phi) is 4.23. The molecule has 2 rings (SSSR count). The number of aromatic carboxylic acids is 1. The molecule has 2 aromatic carbocycles. The van der Waals surface area contributed by atoms with Crippen molar-refractivity contribution in [1.29, 1.82) is 0 Å². The molecule has 0 bridgehead atoms. The van der Waals surface area contributed by atoms with Crippen molar-refractivity contribution in [2.45, 2.75) is 6.92 Å². The van der Waals surface area contributed by atoms with Crippen molar-refractivity contribution < 1.29 is 18.3 Å². The Morgan fingerprint density at radius 1 is 1.14 bits per heavy atom. The quantitative estimate of drug-likeness (QED) is 0.940. The highest BCUT2D eigenvalue weighted by Gasteiger charge is 2.19. The van der Waals surface area contributed by atoms with Gasteiger partial charge in [0.05, 0.1) is 17.5 Å². The number of carboxylic acids is 1. The van der Waals surface area contributed by atoms with Gasteiger partial charge in [0.25, 0.3) is 0 Å². The summed E-state index contributed by atoms with van der Waals surface area (Å²) in [5, 5.41) is 9.38. The van der Waals surface area contributed by atoms with Crippen LogP contribution < -0.4 is 4.31 Å². The van der Waals surface area contributed by atoms with E-state index in [1.807, 2.05) is 30.3 Å². The Morgan fingerprint density at radius 3 is 2.23 bits per heavy atom. The molecule has 2 aromatic rings. The lowest BCUT2D eigenvalue weighted by atomic mass is 9.95. The van der Waals surface area contributed by atoms with E-state index in [4.69, 9.17) is 0 Å². The summed E-state index contributed by atoms with van der Waals surface area (Å²) in [6.45, 7) is 1.72. The first-order valence-electron chi connectivity index (χ1n) is 6.59. The van der Waals surface area contributed by atoms with E-state index in [-0.39, 0.29) is 5.56 Å². The van der Waals surface area contributed by atoms with Crippen molar-refractivity contribution in [1.82, 2.24) is 0 Å². The normalized spacial score (nSPS) is 11.2. The molecule has 0 fully saturated rings. The Hall–Kier alpha value is -2.34. The van der Waals surface area contributed by atoms with Crippen LogP contribution in [0, 0.1) is 6.92 Å². The van der Waals surface area contributed by atoms with Crippen LogP contribution in [-0.2, 0) is 10.0 Å². The number of sulfonamides is 1. The molecule has 5 nitrogen and oxygen atoms in total. The fraction of sp³-hybridized carbons (Fsp3) is 0.188. The fourth-order valence-corrected chi connectivity index (χ4v) is 2.70. The van der Waals surface area contributed by atoms with Crippen molar-refractivity contribution in [3.63, 3.8) is 0 Å². The monoisotopic (exact) mass is 319 g/mol. The second-order valence-electron chi connectivity index (χ2n) is 5.07. The van der Waals surface area contributed by atoms with Crippen LogP contribution in [0.3, 0.4) is 0 Å². The van der Waals surface area contributed by atoms with Crippen LogP contribution in [-0.4, -0.2) is 32.8 Å².